The molecule has 0 saturated heterocycles. The second kappa shape index (κ2) is 8.44. The van der Waals surface area contributed by atoms with E-state index in [4.69, 9.17) is 5.26 Å². The van der Waals surface area contributed by atoms with Gasteiger partial charge in [0, 0.05) is 12.6 Å². The zero-order chi connectivity index (χ0) is 17.5. The van der Waals surface area contributed by atoms with Crippen molar-refractivity contribution in [2.24, 2.45) is 5.92 Å². The minimum atomic E-state index is -0.740. The van der Waals surface area contributed by atoms with Crippen molar-refractivity contribution in [3.63, 3.8) is 0 Å². The third kappa shape index (κ3) is 4.79. The molecule has 6 heteroatoms. The highest BCUT2D eigenvalue weighted by atomic mass is 19.1. The summed E-state index contributed by atoms with van der Waals surface area (Å²) < 4.78 is 13.0. The summed E-state index contributed by atoms with van der Waals surface area (Å²) in [5.41, 5.74) is 0.289. The van der Waals surface area contributed by atoms with E-state index in [1.807, 2.05) is 0 Å². The number of nitrogens with zero attached hydrogens (tertiary/aromatic N) is 2. The number of halogens is 1. The molecule has 0 unspecified atom stereocenters. The normalized spacial score (nSPS) is 16.0. The maximum atomic E-state index is 13.0. The van der Waals surface area contributed by atoms with Crippen LogP contribution in [0.4, 0.5) is 4.39 Å². The average molecular weight is 331 g/mol. The van der Waals surface area contributed by atoms with Crippen molar-refractivity contribution < 1.29 is 14.0 Å². The summed E-state index contributed by atoms with van der Waals surface area (Å²) >= 11 is 0. The van der Waals surface area contributed by atoms with E-state index in [2.05, 4.69) is 5.32 Å². The molecular formula is C18H22FN3O2. The highest BCUT2D eigenvalue weighted by Gasteiger charge is 2.28. The number of rotatable bonds is 5. The fourth-order valence-corrected chi connectivity index (χ4v) is 3.10. The van der Waals surface area contributed by atoms with Crippen LogP contribution in [-0.2, 0) is 4.79 Å². The van der Waals surface area contributed by atoms with Gasteiger partial charge < -0.3 is 5.32 Å². The number of carbonyl (C=O) groups excluding carboxylic acids is 2. The molecule has 1 aromatic carbocycles. The smallest absolute Gasteiger partial charge is 0.257 e. The van der Waals surface area contributed by atoms with Crippen LogP contribution in [0.5, 0.6) is 0 Å². The topological polar surface area (TPSA) is 73.2 Å². The molecular weight excluding hydrogens is 309 g/mol. The first-order valence-corrected chi connectivity index (χ1v) is 8.25. The molecule has 1 aliphatic carbocycles. The van der Waals surface area contributed by atoms with Gasteiger partial charge in [-0.2, -0.15) is 5.26 Å². The monoisotopic (exact) mass is 331 g/mol. The second-order valence-corrected chi connectivity index (χ2v) is 6.27. The van der Waals surface area contributed by atoms with Gasteiger partial charge in [0.25, 0.3) is 11.8 Å². The number of benzene rings is 1. The second-order valence-electron chi connectivity index (χ2n) is 6.27. The van der Waals surface area contributed by atoms with Crippen LogP contribution in [0, 0.1) is 23.2 Å². The number of likely N-dealkylation sites (N-methyl/N-ethyl adjacent to an activating group) is 1. The predicted octanol–water partition coefficient (Wildman–Crippen LogP) is 2.83. The van der Waals surface area contributed by atoms with Gasteiger partial charge in [-0.05, 0) is 36.6 Å². The van der Waals surface area contributed by atoms with Crippen LogP contribution in [0.2, 0.25) is 0 Å². The molecule has 1 aliphatic rings. The number of nitriles is 1. The van der Waals surface area contributed by atoms with Gasteiger partial charge in [0.05, 0.1) is 0 Å². The average Bonchev–Trinajstić information content (AvgIpc) is 2.61. The molecule has 1 fully saturated rings. The Hall–Kier alpha value is -2.42. The third-order valence-corrected chi connectivity index (χ3v) is 4.48. The summed E-state index contributed by atoms with van der Waals surface area (Å²) in [4.78, 5) is 25.7. The minimum absolute atomic E-state index is 0.289. The maximum absolute atomic E-state index is 13.0. The zero-order valence-corrected chi connectivity index (χ0v) is 13.8. The Morgan fingerprint density at radius 3 is 2.50 bits per heavy atom. The van der Waals surface area contributed by atoms with Crippen LogP contribution in [0.3, 0.4) is 0 Å². The van der Waals surface area contributed by atoms with Crippen LogP contribution in [0.15, 0.2) is 24.3 Å². The van der Waals surface area contributed by atoms with E-state index >= 15 is 0 Å². The van der Waals surface area contributed by atoms with E-state index in [9.17, 15) is 14.0 Å². The van der Waals surface area contributed by atoms with Crippen molar-refractivity contribution in [2.45, 2.75) is 44.6 Å². The molecule has 2 amide bonds. The van der Waals surface area contributed by atoms with Crippen LogP contribution in [0.1, 0.15) is 48.9 Å². The molecule has 0 radical (unpaired) electrons. The summed E-state index contributed by atoms with van der Waals surface area (Å²) in [5.74, 6) is -0.909. The Morgan fingerprint density at radius 2 is 1.92 bits per heavy atom. The molecule has 24 heavy (non-hydrogen) atoms. The van der Waals surface area contributed by atoms with Crippen molar-refractivity contribution in [3.8, 4) is 6.19 Å². The van der Waals surface area contributed by atoms with E-state index in [0.717, 1.165) is 30.6 Å². The van der Waals surface area contributed by atoms with Crippen LogP contribution >= 0.6 is 0 Å². The first-order valence-electron chi connectivity index (χ1n) is 8.25. The van der Waals surface area contributed by atoms with Crippen LogP contribution < -0.4 is 5.32 Å². The summed E-state index contributed by atoms with van der Waals surface area (Å²) in [7, 11) is 1.39. The van der Waals surface area contributed by atoms with Crippen molar-refractivity contribution in [1.82, 2.24) is 10.2 Å². The summed E-state index contributed by atoms with van der Waals surface area (Å²) in [6.45, 7) is 0. The molecule has 0 aliphatic heterocycles. The molecule has 5 nitrogen and oxygen atoms in total. The molecule has 0 aromatic heterocycles. The van der Waals surface area contributed by atoms with E-state index in [1.54, 1.807) is 6.19 Å². The quantitative estimate of drug-likeness (QED) is 0.666. The molecule has 0 bridgehead atoms. The number of nitrogens with one attached hydrogen (secondary N) is 1. The Bertz CT molecular complexity index is 618. The van der Waals surface area contributed by atoms with E-state index in [0.29, 0.717) is 12.3 Å². The summed E-state index contributed by atoms with van der Waals surface area (Å²) in [6, 6.07) is 4.42. The molecule has 1 aromatic rings. The lowest BCUT2D eigenvalue weighted by Gasteiger charge is -2.27. The van der Waals surface area contributed by atoms with Crippen molar-refractivity contribution in [3.05, 3.63) is 35.6 Å². The van der Waals surface area contributed by atoms with Gasteiger partial charge in [0.1, 0.15) is 11.9 Å². The maximum Gasteiger partial charge on any atom is 0.257 e. The van der Waals surface area contributed by atoms with Crippen LogP contribution in [0.25, 0.3) is 0 Å². The SMILES string of the molecule is CN(C#N)C(=O)[C@H](CC1CCCCC1)NC(=O)c1ccc(F)cc1. The summed E-state index contributed by atoms with van der Waals surface area (Å²) in [6.07, 6.45) is 7.84. The highest BCUT2D eigenvalue weighted by Crippen LogP contribution is 2.27. The molecule has 0 heterocycles. The highest BCUT2D eigenvalue weighted by molar-refractivity contribution is 5.97. The fourth-order valence-electron chi connectivity index (χ4n) is 3.10. The van der Waals surface area contributed by atoms with Gasteiger partial charge in [-0.1, -0.05) is 32.1 Å². The molecule has 1 N–H and O–H groups in total. The first-order chi connectivity index (χ1) is 11.5. The van der Waals surface area contributed by atoms with E-state index in [1.165, 1.54) is 37.7 Å². The predicted molar refractivity (Wildman–Crippen MR) is 87.2 cm³/mol. The Balaban J connectivity index is 2.09. The van der Waals surface area contributed by atoms with Gasteiger partial charge >= 0.3 is 0 Å². The standard InChI is InChI=1S/C18H22FN3O2/c1-22(12-20)18(24)16(11-13-5-3-2-4-6-13)21-17(23)14-7-9-15(19)10-8-14/h7-10,13,16H,2-6,11H2,1H3,(H,21,23)/t16-/m0/s1. The lowest BCUT2D eigenvalue weighted by Crippen LogP contribution is -2.47. The largest absolute Gasteiger partial charge is 0.340 e. The number of hydrogen-bond donors (Lipinski definition) is 1. The Kier molecular flexibility index (Phi) is 6.30. The van der Waals surface area contributed by atoms with Gasteiger partial charge in [-0.25, -0.2) is 4.39 Å². The van der Waals surface area contributed by atoms with E-state index in [-0.39, 0.29) is 5.56 Å². The van der Waals surface area contributed by atoms with Gasteiger partial charge in [0.15, 0.2) is 6.19 Å². The minimum Gasteiger partial charge on any atom is -0.340 e. The van der Waals surface area contributed by atoms with Crippen molar-refractivity contribution >= 4 is 11.8 Å². The summed E-state index contributed by atoms with van der Waals surface area (Å²) in [5, 5.41) is 11.7. The van der Waals surface area contributed by atoms with Gasteiger partial charge in [-0.15, -0.1) is 0 Å². The number of carbonyl (C=O) groups is 2. The molecule has 2 rings (SSSR count). The number of hydrogen-bond acceptors (Lipinski definition) is 3. The molecule has 1 saturated carbocycles. The zero-order valence-electron chi connectivity index (χ0n) is 13.8. The first kappa shape index (κ1) is 17.9. The Morgan fingerprint density at radius 1 is 1.29 bits per heavy atom. The molecule has 0 spiro atoms. The van der Waals surface area contributed by atoms with Crippen molar-refractivity contribution in [1.29, 1.82) is 5.26 Å². The van der Waals surface area contributed by atoms with Crippen LogP contribution in [-0.4, -0.2) is 29.8 Å². The van der Waals surface area contributed by atoms with E-state index < -0.39 is 23.7 Å². The Labute approximate surface area is 141 Å². The number of amides is 2. The third-order valence-electron chi connectivity index (χ3n) is 4.48. The lowest BCUT2D eigenvalue weighted by molar-refractivity contribution is -0.129. The van der Waals surface area contributed by atoms with Crippen molar-refractivity contribution in [2.75, 3.05) is 7.05 Å². The fraction of sp³-hybridized carbons (Fsp3) is 0.500. The molecule has 128 valence electrons. The lowest BCUT2D eigenvalue weighted by atomic mass is 9.84. The van der Waals surface area contributed by atoms with Gasteiger partial charge in [-0.3, -0.25) is 14.5 Å². The molecule has 1 atom stereocenters. The van der Waals surface area contributed by atoms with Gasteiger partial charge in [0.2, 0.25) is 0 Å².